The molecule has 0 aromatic heterocycles. The van der Waals surface area contributed by atoms with Gasteiger partial charge in [0.2, 0.25) is 5.91 Å². The molecule has 1 amide bonds. The average molecular weight is 409 g/mol. The molecule has 0 atom stereocenters. The monoisotopic (exact) mass is 408 g/mol. The molecule has 1 aliphatic rings. The second kappa shape index (κ2) is 11.2. The fourth-order valence-corrected chi connectivity index (χ4v) is 3.05. The second-order valence-electron chi connectivity index (χ2n) is 7.73. The van der Waals surface area contributed by atoms with Crippen LogP contribution >= 0.6 is 0 Å². The molecule has 2 aromatic carbocycles. The molecule has 1 aliphatic carbocycles. The van der Waals surface area contributed by atoms with E-state index in [1.807, 2.05) is 18.2 Å². The van der Waals surface area contributed by atoms with Crippen molar-refractivity contribution in [1.82, 2.24) is 16.0 Å². The van der Waals surface area contributed by atoms with Crippen LogP contribution in [0.5, 0.6) is 5.75 Å². The van der Waals surface area contributed by atoms with Gasteiger partial charge < -0.3 is 20.7 Å². The van der Waals surface area contributed by atoms with Crippen LogP contribution in [-0.4, -0.2) is 38.6 Å². The van der Waals surface area contributed by atoms with Crippen LogP contribution in [0.3, 0.4) is 0 Å². The fraction of sp³-hybridized carbons (Fsp3) is 0.417. The molecule has 2 aromatic rings. The van der Waals surface area contributed by atoms with E-state index in [2.05, 4.69) is 58.2 Å². The van der Waals surface area contributed by atoms with Crippen LogP contribution in [0.25, 0.3) is 0 Å². The average Bonchev–Trinajstić information content (AvgIpc) is 3.58. The zero-order chi connectivity index (χ0) is 21.2. The van der Waals surface area contributed by atoms with Gasteiger partial charge in [0.1, 0.15) is 5.75 Å². The van der Waals surface area contributed by atoms with Gasteiger partial charge >= 0.3 is 0 Å². The largest absolute Gasteiger partial charge is 0.493 e. The highest BCUT2D eigenvalue weighted by Gasteiger charge is 2.22. The van der Waals surface area contributed by atoms with Gasteiger partial charge in [0.05, 0.1) is 13.2 Å². The minimum absolute atomic E-state index is 0.0577. The first-order valence-corrected chi connectivity index (χ1v) is 10.6. The number of amides is 1. The van der Waals surface area contributed by atoms with Crippen molar-refractivity contribution in [3.8, 4) is 5.75 Å². The van der Waals surface area contributed by atoms with Crippen molar-refractivity contribution in [2.45, 2.75) is 32.7 Å². The Hall–Kier alpha value is -3.02. The van der Waals surface area contributed by atoms with Crippen molar-refractivity contribution in [1.29, 1.82) is 0 Å². The van der Waals surface area contributed by atoms with Gasteiger partial charge in [-0.15, -0.1) is 0 Å². The molecule has 3 rings (SSSR count). The Morgan fingerprint density at radius 2 is 1.90 bits per heavy atom. The Bertz CT molecular complexity index is 848. The smallest absolute Gasteiger partial charge is 0.239 e. The molecule has 1 fully saturated rings. The molecule has 0 spiro atoms. The molecular formula is C24H32N4O2. The summed E-state index contributed by atoms with van der Waals surface area (Å²) in [5.74, 6) is 2.16. The van der Waals surface area contributed by atoms with E-state index in [0.717, 1.165) is 24.3 Å². The minimum Gasteiger partial charge on any atom is -0.493 e. The summed E-state index contributed by atoms with van der Waals surface area (Å²) in [5, 5.41) is 9.26. The minimum atomic E-state index is -0.0577. The van der Waals surface area contributed by atoms with Gasteiger partial charge in [-0.25, -0.2) is 0 Å². The van der Waals surface area contributed by atoms with E-state index in [1.165, 1.54) is 24.0 Å². The highest BCUT2D eigenvalue weighted by molar-refractivity contribution is 5.86. The van der Waals surface area contributed by atoms with Crippen LogP contribution < -0.4 is 20.7 Å². The normalized spacial score (nSPS) is 13.6. The molecule has 0 aliphatic heterocycles. The number of aryl methyl sites for hydroxylation is 1. The lowest BCUT2D eigenvalue weighted by atomic mass is 10.1. The summed E-state index contributed by atoms with van der Waals surface area (Å²) in [4.78, 5) is 16.3. The maximum Gasteiger partial charge on any atom is 0.239 e. The Labute approximate surface area is 179 Å². The van der Waals surface area contributed by atoms with Crippen molar-refractivity contribution in [3.63, 3.8) is 0 Å². The van der Waals surface area contributed by atoms with Crippen molar-refractivity contribution >= 4 is 11.9 Å². The number of carbonyl (C=O) groups is 1. The van der Waals surface area contributed by atoms with Gasteiger partial charge in [-0.05, 0) is 49.3 Å². The van der Waals surface area contributed by atoms with E-state index in [9.17, 15) is 4.79 Å². The lowest BCUT2D eigenvalue weighted by Crippen LogP contribution is -2.43. The fourth-order valence-electron chi connectivity index (χ4n) is 3.05. The van der Waals surface area contributed by atoms with Crippen molar-refractivity contribution in [2.75, 3.05) is 26.7 Å². The number of hydrogen-bond acceptors (Lipinski definition) is 3. The molecule has 0 heterocycles. The van der Waals surface area contributed by atoms with Gasteiger partial charge in [0.15, 0.2) is 5.96 Å². The second-order valence-corrected chi connectivity index (χ2v) is 7.73. The van der Waals surface area contributed by atoms with Gasteiger partial charge in [0.25, 0.3) is 0 Å². The third-order valence-electron chi connectivity index (χ3n) is 5.06. The molecule has 160 valence electrons. The molecule has 1 saturated carbocycles. The zero-order valence-corrected chi connectivity index (χ0v) is 17.9. The van der Waals surface area contributed by atoms with Gasteiger partial charge in [0, 0.05) is 25.7 Å². The third kappa shape index (κ3) is 7.43. The molecule has 0 radical (unpaired) electrons. The molecule has 0 unspecified atom stereocenters. The lowest BCUT2D eigenvalue weighted by molar-refractivity contribution is -0.119. The van der Waals surface area contributed by atoms with Crippen LogP contribution in [0.15, 0.2) is 53.5 Å². The topological polar surface area (TPSA) is 74.8 Å². The number of benzene rings is 2. The standard InChI is InChI=1S/C24H32N4O2/c1-18-8-11-21(22(14-18)30-17-20-9-10-20)15-27-24(25-2)28-16-23(29)26-13-12-19-6-4-3-5-7-19/h3-8,11,14,20H,9-10,12-13,15-17H2,1-2H3,(H,26,29)(H2,25,27,28). The van der Waals surface area contributed by atoms with Crippen LogP contribution in [0.2, 0.25) is 0 Å². The molecule has 0 saturated heterocycles. The number of rotatable bonds is 10. The summed E-state index contributed by atoms with van der Waals surface area (Å²) in [7, 11) is 1.70. The van der Waals surface area contributed by atoms with Gasteiger partial charge in [-0.1, -0.05) is 42.5 Å². The first kappa shape index (κ1) is 21.7. The van der Waals surface area contributed by atoms with Crippen LogP contribution in [0.1, 0.15) is 29.5 Å². The van der Waals surface area contributed by atoms with Crippen molar-refractivity contribution in [2.24, 2.45) is 10.9 Å². The van der Waals surface area contributed by atoms with Crippen LogP contribution in [0, 0.1) is 12.8 Å². The van der Waals surface area contributed by atoms with Crippen LogP contribution in [0.4, 0.5) is 0 Å². The SMILES string of the molecule is CN=C(NCC(=O)NCCc1ccccc1)NCc1ccc(C)cc1OCC1CC1. The quantitative estimate of drug-likeness (QED) is 0.417. The first-order chi connectivity index (χ1) is 14.6. The number of ether oxygens (including phenoxy) is 1. The highest BCUT2D eigenvalue weighted by Crippen LogP contribution is 2.30. The molecule has 6 nitrogen and oxygen atoms in total. The van der Waals surface area contributed by atoms with Crippen molar-refractivity contribution in [3.05, 3.63) is 65.2 Å². The van der Waals surface area contributed by atoms with E-state index in [-0.39, 0.29) is 12.5 Å². The summed E-state index contributed by atoms with van der Waals surface area (Å²) in [6.45, 7) is 4.22. The maximum atomic E-state index is 12.1. The molecule has 30 heavy (non-hydrogen) atoms. The lowest BCUT2D eigenvalue weighted by Gasteiger charge is -2.15. The van der Waals surface area contributed by atoms with E-state index in [0.29, 0.717) is 25.0 Å². The van der Waals surface area contributed by atoms with Crippen molar-refractivity contribution < 1.29 is 9.53 Å². The van der Waals surface area contributed by atoms with Gasteiger partial charge in [-0.3, -0.25) is 9.79 Å². The third-order valence-corrected chi connectivity index (χ3v) is 5.06. The zero-order valence-electron chi connectivity index (χ0n) is 17.9. The molecular weight excluding hydrogens is 376 g/mol. The molecule has 0 bridgehead atoms. The van der Waals surface area contributed by atoms with E-state index < -0.39 is 0 Å². The summed E-state index contributed by atoms with van der Waals surface area (Å²) < 4.78 is 6.02. The molecule has 3 N–H and O–H groups in total. The Kier molecular flexibility index (Phi) is 8.12. The van der Waals surface area contributed by atoms with Gasteiger partial charge in [-0.2, -0.15) is 0 Å². The van der Waals surface area contributed by atoms with E-state index in [4.69, 9.17) is 4.74 Å². The predicted molar refractivity (Wildman–Crippen MR) is 121 cm³/mol. The maximum absolute atomic E-state index is 12.1. The Morgan fingerprint density at radius 1 is 1.10 bits per heavy atom. The summed E-state index contributed by atoms with van der Waals surface area (Å²) in [6, 6.07) is 16.4. The predicted octanol–water partition coefficient (Wildman–Crippen LogP) is 2.81. The first-order valence-electron chi connectivity index (χ1n) is 10.6. The number of hydrogen-bond donors (Lipinski definition) is 3. The number of nitrogens with zero attached hydrogens (tertiary/aromatic N) is 1. The number of carbonyl (C=O) groups excluding carboxylic acids is 1. The number of aliphatic imine (C=N–C) groups is 1. The van der Waals surface area contributed by atoms with E-state index in [1.54, 1.807) is 7.05 Å². The van der Waals surface area contributed by atoms with E-state index >= 15 is 0 Å². The summed E-state index contributed by atoms with van der Waals surface area (Å²) in [5.41, 5.74) is 3.47. The summed E-state index contributed by atoms with van der Waals surface area (Å²) in [6.07, 6.45) is 3.35. The Balaban J connectivity index is 1.40. The molecule has 6 heteroatoms. The number of nitrogens with one attached hydrogen (secondary N) is 3. The summed E-state index contributed by atoms with van der Waals surface area (Å²) >= 11 is 0. The Morgan fingerprint density at radius 3 is 2.63 bits per heavy atom. The highest BCUT2D eigenvalue weighted by atomic mass is 16.5. The number of guanidine groups is 1. The van der Waals surface area contributed by atoms with Crippen LogP contribution in [-0.2, 0) is 17.8 Å².